The minimum absolute atomic E-state index is 0.0682. The van der Waals surface area contributed by atoms with E-state index in [0.29, 0.717) is 6.42 Å². The van der Waals surface area contributed by atoms with Crippen molar-refractivity contribution >= 4 is 6.08 Å². The number of nitrogens with zero attached hydrogens (tertiary/aromatic N) is 1. The van der Waals surface area contributed by atoms with Crippen molar-refractivity contribution in [2.75, 3.05) is 13.6 Å². The minimum atomic E-state index is -4.38. The van der Waals surface area contributed by atoms with Crippen molar-refractivity contribution in [3.63, 3.8) is 0 Å². The molecule has 0 aliphatic carbocycles. The molecule has 2 N–H and O–H groups in total. The van der Waals surface area contributed by atoms with E-state index in [0.717, 1.165) is 6.54 Å². The summed E-state index contributed by atoms with van der Waals surface area (Å²) in [6, 6.07) is 0. The molecule has 0 spiro atoms. The fourth-order valence-electron chi connectivity index (χ4n) is 1.09. The van der Waals surface area contributed by atoms with Crippen LogP contribution in [0.5, 0.6) is 0 Å². The molecule has 3 nitrogen and oxygen atoms in total. The van der Waals surface area contributed by atoms with E-state index in [9.17, 15) is 13.2 Å². The SMILES string of the molecule is CNCCC=Cc1cn[nH]c1C(F)(F)F. The fourth-order valence-corrected chi connectivity index (χ4v) is 1.09. The molecule has 84 valence electrons. The van der Waals surface area contributed by atoms with E-state index < -0.39 is 11.9 Å². The molecule has 0 aliphatic heterocycles. The van der Waals surface area contributed by atoms with E-state index >= 15 is 0 Å². The Hall–Kier alpha value is -1.30. The zero-order chi connectivity index (χ0) is 11.3. The second-order valence-electron chi connectivity index (χ2n) is 2.99. The van der Waals surface area contributed by atoms with Crippen molar-refractivity contribution in [1.82, 2.24) is 15.5 Å². The lowest BCUT2D eigenvalue weighted by atomic mass is 10.2. The molecule has 0 bridgehead atoms. The number of aromatic amines is 1. The maximum Gasteiger partial charge on any atom is 0.433 e. The lowest BCUT2D eigenvalue weighted by Crippen LogP contribution is -2.07. The van der Waals surface area contributed by atoms with Gasteiger partial charge in [0, 0.05) is 5.56 Å². The lowest BCUT2D eigenvalue weighted by Gasteiger charge is -2.03. The van der Waals surface area contributed by atoms with Crippen LogP contribution in [-0.4, -0.2) is 23.8 Å². The van der Waals surface area contributed by atoms with Crippen molar-refractivity contribution in [3.05, 3.63) is 23.5 Å². The van der Waals surface area contributed by atoms with Crippen LogP contribution in [0.4, 0.5) is 13.2 Å². The van der Waals surface area contributed by atoms with Gasteiger partial charge in [0.15, 0.2) is 0 Å². The van der Waals surface area contributed by atoms with E-state index in [1.165, 1.54) is 12.3 Å². The summed E-state index contributed by atoms with van der Waals surface area (Å²) in [6.45, 7) is 0.732. The molecule has 6 heteroatoms. The zero-order valence-corrected chi connectivity index (χ0v) is 8.23. The maximum absolute atomic E-state index is 12.3. The number of H-pyrrole nitrogens is 1. The molecule has 0 unspecified atom stereocenters. The van der Waals surface area contributed by atoms with Crippen molar-refractivity contribution in [1.29, 1.82) is 0 Å². The number of hydrogen-bond acceptors (Lipinski definition) is 2. The summed E-state index contributed by atoms with van der Waals surface area (Å²) in [7, 11) is 1.78. The molecule has 1 aromatic heterocycles. The highest BCUT2D eigenvalue weighted by molar-refractivity contribution is 5.51. The van der Waals surface area contributed by atoms with Crippen LogP contribution in [0.3, 0.4) is 0 Å². The number of hydrogen-bond donors (Lipinski definition) is 2. The van der Waals surface area contributed by atoms with E-state index in [-0.39, 0.29) is 5.56 Å². The van der Waals surface area contributed by atoms with Gasteiger partial charge in [-0.3, -0.25) is 5.10 Å². The molecule has 1 heterocycles. The summed E-state index contributed by atoms with van der Waals surface area (Å²) < 4.78 is 37.0. The number of nitrogens with one attached hydrogen (secondary N) is 2. The standard InChI is InChI=1S/C9H12F3N3/c1-13-5-3-2-4-7-6-14-15-8(7)9(10,11)12/h2,4,6,13H,3,5H2,1H3,(H,14,15). The van der Waals surface area contributed by atoms with Crippen LogP contribution in [0.1, 0.15) is 17.7 Å². The van der Waals surface area contributed by atoms with E-state index in [4.69, 9.17) is 0 Å². The van der Waals surface area contributed by atoms with Crippen LogP contribution in [0.15, 0.2) is 12.3 Å². The van der Waals surface area contributed by atoms with Gasteiger partial charge in [0.2, 0.25) is 0 Å². The Labute approximate surface area is 85.4 Å². The summed E-state index contributed by atoms with van der Waals surface area (Å²) in [5.41, 5.74) is -0.734. The van der Waals surface area contributed by atoms with Crippen LogP contribution in [0.2, 0.25) is 0 Å². The Morgan fingerprint density at radius 2 is 2.27 bits per heavy atom. The first kappa shape index (κ1) is 11.8. The third-order valence-corrected chi connectivity index (χ3v) is 1.81. The molecule has 0 saturated heterocycles. The van der Waals surface area contributed by atoms with Gasteiger partial charge in [-0.25, -0.2) is 0 Å². The number of alkyl halides is 3. The van der Waals surface area contributed by atoms with Gasteiger partial charge in [-0.1, -0.05) is 12.2 Å². The molecule has 1 aromatic rings. The Morgan fingerprint density at radius 1 is 1.53 bits per heavy atom. The van der Waals surface area contributed by atoms with E-state index in [1.807, 2.05) is 5.10 Å². The number of aromatic nitrogens is 2. The average Bonchev–Trinajstić information content (AvgIpc) is 2.59. The Bertz CT molecular complexity index is 328. The van der Waals surface area contributed by atoms with E-state index in [2.05, 4.69) is 10.4 Å². The highest BCUT2D eigenvalue weighted by Crippen LogP contribution is 2.30. The molecule has 0 fully saturated rings. The van der Waals surface area contributed by atoms with Crippen LogP contribution in [0, 0.1) is 0 Å². The van der Waals surface area contributed by atoms with Gasteiger partial charge in [0.25, 0.3) is 0 Å². The third kappa shape index (κ3) is 3.39. The van der Waals surface area contributed by atoms with Crippen molar-refractivity contribution in [2.45, 2.75) is 12.6 Å². The lowest BCUT2D eigenvalue weighted by molar-refractivity contribution is -0.141. The van der Waals surface area contributed by atoms with Gasteiger partial charge >= 0.3 is 6.18 Å². The van der Waals surface area contributed by atoms with Gasteiger partial charge in [-0.05, 0) is 20.0 Å². The molecule has 0 saturated carbocycles. The zero-order valence-electron chi connectivity index (χ0n) is 8.23. The van der Waals surface area contributed by atoms with Crippen LogP contribution in [0.25, 0.3) is 6.08 Å². The number of rotatable bonds is 4. The minimum Gasteiger partial charge on any atom is -0.319 e. The fraction of sp³-hybridized carbons (Fsp3) is 0.444. The maximum atomic E-state index is 12.3. The molecule has 15 heavy (non-hydrogen) atoms. The van der Waals surface area contributed by atoms with Crippen molar-refractivity contribution in [2.24, 2.45) is 0 Å². The first-order valence-corrected chi connectivity index (χ1v) is 4.47. The second kappa shape index (κ2) is 4.97. The predicted octanol–water partition coefficient (Wildman–Crippen LogP) is 2.05. The van der Waals surface area contributed by atoms with Crippen LogP contribution >= 0.6 is 0 Å². The molecule has 0 amide bonds. The largest absolute Gasteiger partial charge is 0.433 e. The molecule has 0 atom stereocenters. The topological polar surface area (TPSA) is 40.7 Å². The second-order valence-corrected chi connectivity index (χ2v) is 2.99. The molecule has 0 aromatic carbocycles. The van der Waals surface area contributed by atoms with Gasteiger partial charge in [-0.2, -0.15) is 18.3 Å². The third-order valence-electron chi connectivity index (χ3n) is 1.81. The normalized spacial score (nSPS) is 12.5. The van der Waals surface area contributed by atoms with Crippen LogP contribution in [-0.2, 0) is 6.18 Å². The highest BCUT2D eigenvalue weighted by Gasteiger charge is 2.34. The molecule has 1 rings (SSSR count). The Balaban J connectivity index is 2.70. The smallest absolute Gasteiger partial charge is 0.319 e. The summed E-state index contributed by atoms with van der Waals surface area (Å²) in [5, 5.41) is 8.22. The molecular weight excluding hydrogens is 207 g/mol. The average molecular weight is 219 g/mol. The van der Waals surface area contributed by atoms with Crippen molar-refractivity contribution < 1.29 is 13.2 Å². The summed E-state index contributed by atoms with van der Waals surface area (Å²) >= 11 is 0. The van der Waals surface area contributed by atoms with Gasteiger partial charge in [0.05, 0.1) is 6.20 Å². The van der Waals surface area contributed by atoms with Crippen LogP contribution < -0.4 is 5.32 Å². The van der Waals surface area contributed by atoms with Crippen molar-refractivity contribution in [3.8, 4) is 0 Å². The monoisotopic (exact) mass is 219 g/mol. The first-order chi connectivity index (χ1) is 7.05. The predicted molar refractivity (Wildman–Crippen MR) is 51.2 cm³/mol. The first-order valence-electron chi connectivity index (χ1n) is 4.47. The molecular formula is C9H12F3N3. The number of halogens is 3. The van der Waals surface area contributed by atoms with E-state index in [1.54, 1.807) is 13.1 Å². The quantitative estimate of drug-likeness (QED) is 0.761. The summed E-state index contributed by atoms with van der Waals surface area (Å²) in [4.78, 5) is 0. The van der Waals surface area contributed by atoms with Gasteiger partial charge in [0.1, 0.15) is 5.69 Å². The summed E-state index contributed by atoms with van der Waals surface area (Å²) in [6.07, 6.45) is 0.567. The molecule has 0 aliphatic rings. The van der Waals surface area contributed by atoms with Gasteiger partial charge in [-0.15, -0.1) is 0 Å². The van der Waals surface area contributed by atoms with Gasteiger partial charge < -0.3 is 5.32 Å². The molecule has 0 radical (unpaired) electrons. The highest BCUT2D eigenvalue weighted by atomic mass is 19.4. The Morgan fingerprint density at radius 3 is 2.87 bits per heavy atom. The Kier molecular flexibility index (Phi) is 3.90. The summed E-state index contributed by atoms with van der Waals surface area (Å²) in [5.74, 6) is 0.